The van der Waals surface area contributed by atoms with Crippen LogP contribution >= 0.6 is 0 Å². The van der Waals surface area contributed by atoms with Crippen molar-refractivity contribution in [3.05, 3.63) is 17.5 Å². The number of aromatic nitrogens is 2. The molecule has 1 aliphatic rings. The van der Waals surface area contributed by atoms with Crippen molar-refractivity contribution in [2.45, 2.75) is 40.0 Å². The summed E-state index contributed by atoms with van der Waals surface area (Å²) in [5.74, 6) is 1.70. The summed E-state index contributed by atoms with van der Waals surface area (Å²) in [5.41, 5.74) is 1.09. The van der Waals surface area contributed by atoms with E-state index in [1.165, 1.54) is 19.3 Å². The Morgan fingerprint density at radius 3 is 2.90 bits per heavy atom. The second kappa shape index (κ2) is 6.68. The number of nitrogens with one attached hydrogen (secondary N) is 1. The van der Waals surface area contributed by atoms with Gasteiger partial charge in [0.25, 0.3) is 0 Å². The maximum absolute atomic E-state index is 11.7. The third-order valence-corrected chi connectivity index (χ3v) is 4.04. The van der Waals surface area contributed by atoms with E-state index in [2.05, 4.69) is 22.2 Å². The van der Waals surface area contributed by atoms with Crippen molar-refractivity contribution < 1.29 is 9.53 Å². The van der Waals surface area contributed by atoms with Gasteiger partial charge in [0, 0.05) is 12.7 Å². The molecule has 1 fully saturated rings. The van der Waals surface area contributed by atoms with Gasteiger partial charge in [-0.05, 0) is 32.1 Å². The van der Waals surface area contributed by atoms with E-state index < -0.39 is 0 Å². The smallest absolute Gasteiger partial charge is 0.341 e. The monoisotopic (exact) mass is 277 g/mol. The number of rotatable bonds is 5. The summed E-state index contributed by atoms with van der Waals surface area (Å²) in [5, 5.41) is 3.28. The number of nitrogens with zero attached hydrogens (tertiary/aromatic N) is 2. The first-order chi connectivity index (χ1) is 9.61. The largest absolute Gasteiger partial charge is 0.462 e. The lowest BCUT2D eigenvalue weighted by Crippen LogP contribution is -2.18. The number of ether oxygens (including phenoxy) is 1. The first kappa shape index (κ1) is 14.8. The lowest BCUT2D eigenvalue weighted by molar-refractivity contribution is 0.0524. The highest BCUT2D eigenvalue weighted by Crippen LogP contribution is 2.30. The molecule has 0 aromatic carbocycles. The molecule has 5 heteroatoms. The van der Waals surface area contributed by atoms with Gasteiger partial charge in [0.15, 0.2) is 0 Å². The van der Waals surface area contributed by atoms with Gasteiger partial charge in [-0.3, -0.25) is 0 Å². The quantitative estimate of drug-likeness (QED) is 0.838. The van der Waals surface area contributed by atoms with Crippen molar-refractivity contribution in [1.29, 1.82) is 0 Å². The average molecular weight is 277 g/mol. The Morgan fingerprint density at radius 2 is 2.30 bits per heavy atom. The lowest BCUT2D eigenvalue weighted by Gasteiger charge is -2.16. The van der Waals surface area contributed by atoms with Crippen molar-refractivity contribution in [2.24, 2.45) is 11.8 Å². The fourth-order valence-electron chi connectivity index (χ4n) is 2.71. The van der Waals surface area contributed by atoms with E-state index in [9.17, 15) is 4.79 Å². The molecule has 2 atom stereocenters. The van der Waals surface area contributed by atoms with Crippen LogP contribution < -0.4 is 5.32 Å². The van der Waals surface area contributed by atoms with Gasteiger partial charge in [0.05, 0.1) is 17.9 Å². The highest BCUT2D eigenvalue weighted by molar-refractivity contribution is 5.90. The lowest BCUT2D eigenvalue weighted by atomic mass is 9.98. The zero-order valence-electron chi connectivity index (χ0n) is 12.5. The van der Waals surface area contributed by atoms with Gasteiger partial charge in [0.2, 0.25) is 5.95 Å². The van der Waals surface area contributed by atoms with Gasteiger partial charge in [-0.15, -0.1) is 0 Å². The predicted octanol–water partition coefficient (Wildman–Crippen LogP) is 2.81. The Hall–Kier alpha value is -1.65. The summed E-state index contributed by atoms with van der Waals surface area (Å²) in [7, 11) is 0. The Bertz CT molecular complexity index is 476. The Kier molecular flexibility index (Phi) is 4.93. The van der Waals surface area contributed by atoms with Crippen LogP contribution in [-0.4, -0.2) is 29.1 Å². The number of hydrogen-bond acceptors (Lipinski definition) is 5. The molecule has 5 nitrogen and oxygen atoms in total. The minimum Gasteiger partial charge on any atom is -0.462 e. The molecule has 20 heavy (non-hydrogen) atoms. The van der Waals surface area contributed by atoms with Crippen molar-refractivity contribution in [2.75, 3.05) is 18.5 Å². The van der Waals surface area contributed by atoms with Gasteiger partial charge in [-0.25, -0.2) is 14.8 Å². The Labute approximate surface area is 120 Å². The van der Waals surface area contributed by atoms with Crippen LogP contribution in [0.5, 0.6) is 0 Å². The molecule has 0 radical (unpaired) electrons. The normalized spacial score (nSPS) is 21.8. The van der Waals surface area contributed by atoms with Crippen LogP contribution in [0, 0.1) is 18.8 Å². The fraction of sp³-hybridized carbons (Fsp3) is 0.667. The van der Waals surface area contributed by atoms with Crippen LogP contribution in [0.25, 0.3) is 0 Å². The summed E-state index contributed by atoms with van der Waals surface area (Å²) in [6.07, 6.45) is 5.44. The van der Waals surface area contributed by atoms with Gasteiger partial charge in [-0.2, -0.15) is 0 Å². The highest BCUT2D eigenvalue weighted by atomic mass is 16.5. The molecule has 0 bridgehead atoms. The fourth-order valence-corrected chi connectivity index (χ4v) is 2.71. The van der Waals surface area contributed by atoms with E-state index in [0.29, 0.717) is 29.7 Å². The molecule has 2 rings (SSSR count). The van der Waals surface area contributed by atoms with E-state index in [4.69, 9.17) is 4.74 Å². The zero-order chi connectivity index (χ0) is 14.5. The molecule has 1 aliphatic carbocycles. The third kappa shape index (κ3) is 3.46. The summed E-state index contributed by atoms with van der Waals surface area (Å²) in [6.45, 7) is 7.15. The summed E-state index contributed by atoms with van der Waals surface area (Å²) in [4.78, 5) is 20.2. The first-order valence-corrected chi connectivity index (χ1v) is 7.36. The molecule has 0 saturated heterocycles. The van der Waals surface area contributed by atoms with Crippen molar-refractivity contribution in [1.82, 2.24) is 9.97 Å². The van der Waals surface area contributed by atoms with Crippen LogP contribution in [0.1, 0.15) is 49.2 Å². The molecular weight excluding hydrogens is 254 g/mol. The summed E-state index contributed by atoms with van der Waals surface area (Å²) in [6, 6.07) is 0. The Balaban J connectivity index is 1.96. The summed E-state index contributed by atoms with van der Waals surface area (Å²) >= 11 is 0. The van der Waals surface area contributed by atoms with Crippen LogP contribution in [0.4, 0.5) is 5.95 Å². The molecule has 110 valence electrons. The molecule has 1 heterocycles. The van der Waals surface area contributed by atoms with Gasteiger partial charge in [0.1, 0.15) is 0 Å². The maximum atomic E-state index is 11.7. The van der Waals surface area contributed by atoms with E-state index in [1.807, 2.05) is 0 Å². The number of carbonyl (C=O) groups is 1. The molecular formula is C15H23N3O2. The van der Waals surface area contributed by atoms with E-state index >= 15 is 0 Å². The second-order valence-electron chi connectivity index (χ2n) is 5.46. The number of aryl methyl sites for hydroxylation is 1. The number of carbonyl (C=O) groups excluding carboxylic acids is 1. The summed E-state index contributed by atoms with van der Waals surface area (Å²) < 4.78 is 4.96. The van der Waals surface area contributed by atoms with Crippen molar-refractivity contribution in [3.8, 4) is 0 Å². The topological polar surface area (TPSA) is 64.1 Å². The minimum absolute atomic E-state index is 0.359. The highest BCUT2D eigenvalue weighted by Gasteiger charge is 2.23. The maximum Gasteiger partial charge on any atom is 0.341 e. The van der Waals surface area contributed by atoms with E-state index in [-0.39, 0.29) is 5.97 Å². The predicted molar refractivity (Wildman–Crippen MR) is 77.7 cm³/mol. The molecule has 0 amide bonds. The second-order valence-corrected chi connectivity index (χ2v) is 5.46. The zero-order valence-corrected chi connectivity index (χ0v) is 12.5. The van der Waals surface area contributed by atoms with Crippen molar-refractivity contribution in [3.63, 3.8) is 0 Å². The van der Waals surface area contributed by atoms with Crippen LogP contribution in [0.3, 0.4) is 0 Å². The molecule has 0 aliphatic heterocycles. The number of esters is 1. The molecule has 1 saturated carbocycles. The number of hydrogen-bond donors (Lipinski definition) is 1. The SMILES string of the molecule is CCOC(=O)c1cnc(NCC2CCCC2C)nc1C. The van der Waals surface area contributed by atoms with Crippen LogP contribution in [0.2, 0.25) is 0 Å². The van der Waals surface area contributed by atoms with Gasteiger partial charge < -0.3 is 10.1 Å². The van der Waals surface area contributed by atoms with Crippen molar-refractivity contribution >= 4 is 11.9 Å². The molecule has 0 spiro atoms. The average Bonchev–Trinajstić information content (AvgIpc) is 2.82. The van der Waals surface area contributed by atoms with E-state index in [0.717, 1.165) is 12.5 Å². The van der Waals surface area contributed by atoms with Gasteiger partial charge in [-0.1, -0.05) is 19.8 Å². The van der Waals surface area contributed by atoms with Crippen LogP contribution in [0.15, 0.2) is 6.20 Å². The molecule has 1 aromatic rings. The minimum atomic E-state index is -0.360. The van der Waals surface area contributed by atoms with Crippen LogP contribution in [-0.2, 0) is 4.74 Å². The number of anilines is 1. The first-order valence-electron chi connectivity index (χ1n) is 7.36. The molecule has 1 aromatic heterocycles. The molecule has 2 unspecified atom stereocenters. The van der Waals surface area contributed by atoms with E-state index in [1.54, 1.807) is 20.0 Å². The standard InChI is InChI=1S/C15H23N3O2/c1-4-20-14(19)13-9-17-15(18-11(13)3)16-8-12-7-5-6-10(12)2/h9-10,12H,4-8H2,1-3H3,(H,16,17,18). The van der Waals surface area contributed by atoms with Gasteiger partial charge >= 0.3 is 5.97 Å². The Morgan fingerprint density at radius 1 is 1.50 bits per heavy atom. The third-order valence-electron chi connectivity index (χ3n) is 4.04. The molecule has 1 N–H and O–H groups in total.